The van der Waals surface area contributed by atoms with Crippen molar-refractivity contribution in [3.05, 3.63) is 29.3 Å². The summed E-state index contributed by atoms with van der Waals surface area (Å²) in [6.07, 6.45) is -0.763. The first-order valence-electron chi connectivity index (χ1n) is 7.50. The fourth-order valence-corrected chi connectivity index (χ4v) is 2.24. The lowest BCUT2D eigenvalue weighted by Gasteiger charge is -2.19. The van der Waals surface area contributed by atoms with Crippen molar-refractivity contribution < 1.29 is 17.9 Å². The highest BCUT2D eigenvalue weighted by Crippen LogP contribution is 2.37. The van der Waals surface area contributed by atoms with E-state index in [2.05, 4.69) is 5.32 Å². The summed E-state index contributed by atoms with van der Waals surface area (Å²) in [5.41, 5.74) is -0.0368. The number of rotatable bonds is 7. The number of alkyl halides is 3. The fourth-order valence-electron chi connectivity index (χ4n) is 2.24. The largest absolute Gasteiger partial charge is 0.490 e. The maximum atomic E-state index is 13.2. The zero-order valence-corrected chi connectivity index (χ0v) is 12.5. The van der Waals surface area contributed by atoms with Crippen LogP contribution in [0.5, 0.6) is 5.75 Å². The van der Waals surface area contributed by atoms with Crippen molar-refractivity contribution in [1.29, 1.82) is 0 Å². The van der Waals surface area contributed by atoms with Crippen LogP contribution in [0.4, 0.5) is 13.2 Å². The first kappa shape index (κ1) is 16.1. The summed E-state index contributed by atoms with van der Waals surface area (Å²) >= 11 is 0. The Morgan fingerprint density at radius 3 is 2.62 bits per heavy atom. The first-order chi connectivity index (χ1) is 9.90. The maximum absolute atomic E-state index is 13.2. The van der Waals surface area contributed by atoms with Crippen molar-refractivity contribution >= 4 is 0 Å². The Labute approximate surface area is 123 Å². The molecule has 0 saturated heterocycles. The number of hydrogen-bond acceptors (Lipinski definition) is 2. The molecule has 118 valence electrons. The molecule has 1 fully saturated rings. The molecule has 1 unspecified atom stereocenters. The maximum Gasteiger partial charge on any atom is 0.419 e. The van der Waals surface area contributed by atoms with Gasteiger partial charge in [-0.2, -0.15) is 13.2 Å². The summed E-state index contributed by atoms with van der Waals surface area (Å²) in [7, 11) is 0. The van der Waals surface area contributed by atoms with Gasteiger partial charge in [-0.25, -0.2) is 0 Å². The molecule has 1 atom stereocenters. The Morgan fingerprint density at radius 2 is 2.05 bits per heavy atom. The third kappa shape index (κ3) is 4.92. The molecule has 0 heterocycles. The Morgan fingerprint density at radius 1 is 1.33 bits per heavy atom. The number of halogens is 3. The predicted octanol–water partition coefficient (Wildman–Crippen LogP) is 4.52. The van der Waals surface area contributed by atoms with Crippen molar-refractivity contribution in [1.82, 2.24) is 5.32 Å². The third-order valence-corrected chi connectivity index (χ3v) is 3.54. The second-order valence-electron chi connectivity index (χ2n) is 5.70. The van der Waals surface area contributed by atoms with E-state index in [1.807, 2.05) is 6.92 Å². The van der Waals surface area contributed by atoms with Crippen LogP contribution in [0.25, 0.3) is 0 Å². The molecule has 0 spiro atoms. The molecule has 1 aliphatic rings. The van der Waals surface area contributed by atoms with Crippen LogP contribution in [-0.2, 0) is 12.7 Å². The van der Waals surface area contributed by atoms with E-state index in [-0.39, 0.29) is 11.9 Å². The van der Waals surface area contributed by atoms with Crippen LogP contribution in [0.1, 0.15) is 50.7 Å². The highest BCUT2D eigenvalue weighted by molar-refractivity contribution is 5.39. The topological polar surface area (TPSA) is 21.3 Å². The van der Waals surface area contributed by atoms with Crippen molar-refractivity contribution in [2.45, 2.75) is 64.4 Å². The van der Waals surface area contributed by atoms with E-state index in [1.165, 1.54) is 12.1 Å². The average molecular weight is 301 g/mol. The molecule has 1 aromatic rings. The summed E-state index contributed by atoms with van der Waals surface area (Å²) in [5, 5.41) is 3.22. The van der Waals surface area contributed by atoms with Gasteiger partial charge >= 0.3 is 6.18 Å². The molecule has 1 N–H and O–H groups in total. The van der Waals surface area contributed by atoms with Gasteiger partial charge in [-0.3, -0.25) is 0 Å². The number of ether oxygens (including phenoxy) is 1. The minimum absolute atomic E-state index is 0.0707. The summed E-state index contributed by atoms with van der Waals surface area (Å²) in [5.74, 6) is -0.0707. The molecular weight excluding hydrogens is 279 g/mol. The smallest absolute Gasteiger partial charge is 0.419 e. The fraction of sp³-hybridized carbons (Fsp3) is 0.625. The van der Waals surface area contributed by atoms with E-state index in [0.717, 1.165) is 25.7 Å². The van der Waals surface area contributed by atoms with Gasteiger partial charge in [0.1, 0.15) is 5.75 Å². The van der Waals surface area contributed by atoms with E-state index >= 15 is 0 Å². The summed E-state index contributed by atoms with van der Waals surface area (Å²) < 4.78 is 45.0. The molecule has 0 radical (unpaired) electrons. The zero-order chi connectivity index (χ0) is 15.5. The summed E-state index contributed by atoms with van der Waals surface area (Å²) in [6.45, 7) is 4.25. The Hall–Kier alpha value is -1.23. The average Bonchev–Trinajstić information content (AvgIpc) is 3.20. The molecule has 21 heavy (non-hydrogen) atoms. The van der Waals surface area contributed by atoms with E-state index in [9.17, 15) is 13.2 Å². The number of benzene rings is 1. The molecule has 2 rings (SSSR count). The van der Waals surface area contributed by atoms with Crippen LogP contribution in [0.3, 0.4) is 0 Å². The minimum atomic E-state index is -4.39. The van der Waals surface area contributed by atoms with E-state index in [1.54, 1.807) is 13.0 Å². The van der Waals surface area contributed by atoms with Crippen molar-refractivity contribution in [3.63, 3.8) is 0 Å². The van der Waals surface area contributed by atoms with Gasteiger partial charge in [-0.1, -0.05) is 19.4 Å². The second kappa shape index (κ2) is 6.69. The molecule has 1 aromatic carbocycles. The van der Waals surface area contributed by atoms with Crippen molar-refractivity contribution in [2.75, 3.05) is 0 Å². The van der Waals surface area contributed by atoms with Crippen molar-refractivity contribution in [2.24, 2.45) is 0 Å². The van der Waals surface area contributed by atoms with Gasteiger partial charge in [0.15, 0.2) is 0 Å². The number of hydrogen-bond donors (Lipinski definition) is 1. The second-order valence-corrected chi connectivity index (χ2v) is 5.70. The molecule has 1 aliphatic carbocycles. The van der Waals surface area contributed by atoms with Gasteiger partial charge < -0.3 is 10.1 Å². The SMILES string of the molecule is CCCC(C)Oc1ccc(CNC2CC2)cc1C(F)(F)F. The monoisotopic (exact) mass is 301 g/mol. The van der Waals surface area contributed by atoms with Crippen LogP contribution in [0, 0.1) is 0 Å². The Bertz CT molecular complexity index is 469. The lowest BCUT2D eigenvalue weighted by Crippen LogP contribution is -2.18. The Balaban J connectivity index is 2.14. The minimum Gasteiger partial charge on any atom is -0.490 e. The highest BCUT2D eigenvalue weighted by Gasteiger charge is 2.35. The zero-order valence-electron chi connectivity index (χ0n) is 12.5. The first-order valence-corrected chi connectivity index (χ1v) is 7.50. The molecule has 0 aliphatic heterocycles. The normalized spacial score (nSPS) is 16.8. The molecule has 0 aromatic heterocycles. The van der Waals surface area contributed by atoms with Gasteiger partial charge in [0.05, 0.1) is 11.7 Å². The van der Waals surface area contributed by atoms with Gasteiger partial charge in [0.2, 0.25) is 0 Å². The predicted molar refractivity (Wildman–Crippen MR) is 76.3 cm³/mol. The Kier molecular flexibility index (Phi) is 5.14. The van der Waals surface area contributed by atoms with Crippen LogP contribution >= 0.6 is 0 Å². The van der Waals surface area contributed by atoms with Gasteiger partial charge in [0, 0.05) is 12.6 Å². The van der Waals surface area contributed by atoms with Crippen molar-refractivity contribution in [3.8, 4) is 5.75 Å². The molecule has 0 amide bonds. The van der Waals surface area contributed by atoms with Gasteiger partial charge in [-0.15, -0.1) is 0 Å². The molecule has 1 saturated carbocycles. The lowest BCUT2D eigenvalue weighted by atomic mass is 10.1. The van der Waals surface area contributed by atoms with E-state index in [4.69, 9.17) is 4.74 Å². The molecule has 2 nitrogen and oxygen atoms in total. The quantitative estimate of drug-likeness (QED) is 0.799. The summed E-state index contributed by atoms with van der Waals surface area (Å²) in [4.78, 5) is 0. The van der Waals surface area contributed by atoms with E-state index in [0.29, 0.717) is 18.2 Å². The van der Waals surface area contributed by atoms with Crippen LogP contribution in [-0.4, -0.2) is 12.1 Å². The highest BCUT2D eigenvalue weighted by atomic mass is 19.4. The lowest BCUT2D eigenvalue weighted by molar-refractivity contribution is -0.139. The molecule has 5 heteroatoms. The van der Waals surface area contributed by atoms with Crippen LogP contribution in [0.15, 0.2) is 18.2 Å². The standard InChI is InChI=1S/C16H22F3NO/c1-3-4-11(2)21-15-8-5-12(10-20-13-6-7-13)9-14(15)16(17,18)19/h5,8-9,11,13,20H,3-4,6-7,10H2,1-2H3. The van der Waals surface area contributed by atoms with Crippen LogP contribution in [0.2, 0.25) is 0 Å². The van der Waals surface area contributed by atoms with Gasteiger partial charge in [-0.05, 0) is 43.9 Å². The molecule has 0 bridgehead atoms. The number of nitrogens with one attached hydrogen (secondary N) is 1. The summed E-state index contributed by atoms with van der Waals surface area (Å²) in [6, 6.07) is 4.82. The third-order valence-electron chi connectivity index (χ3n) is 3.54. The van der Waals surface area contributed by atoms with Crippen LogP contribution < -0.4 is 10.1 Å². The van der Waals surface area contributed by atoms with E-state index < -0.39 is 11.7 Å². The van der Waals surface area contributed by atoms with Gasteiger partial charge in [0.25, 0.3) is 0 Å². The molecular formula is C16H22F3NO.